The summed E-state index contributed by atoms with van der Waals surface area (Å²) in [4.78, 5) is 21.3. The summed E-state index contributed by atoms with van der Waals surface area (Å²) < 4.78 is 0. The van der Waals surface area contributed by atoms with Crippen molar-refractivity contribution in [2.45, 2.75) is 25.3 Å². The molecule has 0 saturated heterocycles. The Morgan fingerprint density at radius 3 is 2.54 bits per heavy atom. The van der Waals surface area contributed by atoms with Crippen LogP contribution in [0.4, 0.5) is 0 Å². The smallest absolute Gasteiger partial charge is 0.330 e. The number of amides is 1. The first-order valence-electron chi connectivity index (χ1n) is 4.37. The SMILES string of the molecule is NC(C(=O)O)C(=O)NCC1CCC1. The molecular weight excluding hydrogens is 172 g/mol. The Hall–Kier alpha value is -1.10. The minimum absolute atomic E-state index is 0.518. The molecule has 74 valence electrons. The number of aliphatic carboxylic acids is 1. The van der Waals surface area contributed by atoms with Crippen molar-refractivity contribution in [3.8, 4) is 0 Å². The third kappa shape index (κ3) is 2.69. The molecule has 0 aromatic carbocycles. The molecule has 13 heavy (non-hydrogen) atoms. The predicted molar refractivity (Wildman–Crippen MR) is 46.0 cm³/mol. The number of nitrogens with one attached hydrogen (secondary N) is 1. The van der Waals surface area contributed by atoms with Crippen molar-refractivity contribution in [2.75, 3.05) is 6.54 Å². The van der Waals surface area contributed by atoms with Gasteiger partial charge in [-0.1, -0.05) is 6.42 Å². The Labute approximate surface area is 76.3 Å². The highest BCUT2D eigenvalue weighted by Crippen LogP contribution is 2.24. The van der Waals surface area contributed by atoms with Crippen LogP contribution in [-0.4, -0.2) is 29.6 Å². The number of nitrogens with two attached hydrogens (primary N) is 1. The summed E-state index contributed by atoms with van der Waals surface area (Å²) in [6.07, 6.45) is 3.43. The molecule has 1 aliphatic rings. The summed E-state index contributed by atoms with van der Waals surface area (Å²) in [5, 5.41) is 10.9. The zero-order valence-electron chi connectivity index (χ0n) is 7.32. The number of carboxylic acid groups (broad SMARTS) is 1. The molecule has 0 aromatic heterocycles. The molecule has 0 aliphatic heterocycles. The molecular formula is C8H14N2O3. The maximum absolute atomic E-state index is 11.0. The van der Waals surface area contributed by atoms with E-state index in [1.54, 1.807) is 0 Å². The van der Waals surface area contributed by atoms with Crippen LogP contribution in [-0.2, 0) is 9.59 Å². The Morgan fingerprint density at radius 1 is 1.54 bits per heavy atom. The van der Waals surface area contributed by atoms with Crippen LogP contribution in [0.2, 0.25) is 0 Å². The molecule has 1 unspecified atom stereocenters. The van der Waals surface area contributed by atoms with Gasteiger partial charge in [-0.2, -0.15) is 0 Å². The molecule has 0 spiro atoms. The first kappa shape index (κ1) is 9.98. The van der Waals surface area contributed by atoms with E-state index in [1.807, 2.05) is 0 Å². The van der Waals surface area contributed by atoms with Gasteiger partial charge in [-0.25, -0.2) is 4.79 Å². The first-order chi connectivity index (χ1) is 6.11. The molecule has 1 aliphatic carbocycles. The fourth-order valence-electron chi connectivity index (χ4n) is 1.16. The lowest BCUT2D eigenvalue weighted by Crippen LogP contribution is -2.47. The van der Waals surface area contributed by atoms with E-state index in [2.05, 4.69) is 5.32 Å². The molecule has 5 heteroatoms. The summed E-state index contributed by atoms with van der Waals surface area (Å²) in [6, 6.07) is -1.43. The average molecular weight is 186 g/mol. The van der Waals surface area contributed by atoms with Crippen LogP contribution in [0.25, 0.3) is 0 Å². The molecule has 1 atom stereocenters. The van der Waals surface area contributed by atoms with Crippen LogP contribution in [0.3, 0.4) is 0 Å². The number of hydrogen-bond acceptors (Lipinski definition) is 3. The summed E-state index contributed by atoms with van der Waals surface area (Å²) >= 11 is 0. The lowest BCUT2D eigenvalue weighted by molar-refractivity contribution is -0.142. The minimum Gasteiger partial charge on any atom is -0.480 e. The summed E-state index contributed by atoms with van der Waals surface area (Å²) in [7, 11) is 0. The topological polar surface area (TPSA) is 92.4 Å². The van der Waals surface area contributed by atoms with Crippen molar-refractivity contribution >= 4 is 11.9 Å². The fraction of sp³-hybridized carbons (Fsp3) is 0.750. The van der Waals surface area contributed by atoms with E-state index >= 15 is 0 Å². The zero-order valence-corrected chi connectivity index (χ0v) is 7.32. The van der Waals surface area contributed by atoms with Crippen molar-refractivity contribution < 1.29 is 14.7 Å². The Bertz CT molecular complexity index is 213. The van der Waals surface area contributed by atoms with Crippen molar-refractivity contribution in [2.24, 2.45) is 11.7 Å². The highest BCUT2D eigenvalue weighted by atomic mass is 16.4. The quantitative estimate of drug-likeness (QED) is 0.507. The van der Waals surface area contributed by atoms with E-state index < -0.39 is 17.9 Å². The van der Waals surface area contributed by atoms with Gasteiger partial charge in [0.15, 0.2) is 6.04 Å². The number of rotatable bonds is 4. The summed E-state index contributed by atoms with van der Waals surface area (Å²) in [5.41, 5.74) is 5.09. The van der Waals surface area contributed by atoms with Gasteiger partial charge in [0.25, 0.3) is 0 Å². The van der Waals surface area contributed by atoms with E-state index in [9.17, 15) is 9.59 Å². The molecule has 4 N–H and O–H groups in total. The average Bonchev–Trinajstić information content (AvgIpc) is 1.99. The van der Waals surface area contributed by atoms with E-state index in [-0.39, 0.29) is 0 Å². The molecule has 1 amide bonds. The molecule has 0 bridgehead atoms. The van der Waals surface area contributed by atoms with Gasteiger partial charge in [0.1, 0.15) is 0 Å². The van der Waals surface area contributed by atoms with Crippen LogP contribution >= 0.6 is 0 Å². The molecule has 1 saturated carbocycles. The second kappa shape index (κ2) is 4.23. The number of hydrogen-bond donors (Lipinski definition) is 3. The zero-order chi connectivity index (χ0) is 9.84. The monoisotopic (exact) mass is 186 g/mol. The van der Waals surface area contributed by atoms with Gasteiger partial charge in [0.05, 0.1) is 0 Å². The number of carbonyl (C=O) groups is 2. The van der Waals surface area contributed by atoms with Crippen LogP contribution in [0.1, 0.15) is 19.3 Å². The maximum atomic E-state index is 11.0. The van der Waals surface area contributed by atoms with Crippen molar-refractivity contribution in [1.82, 2.24) is 5.32 Å². The normalized spacial score (nSPS) is 18.8. The number of carboxylic acids is 1. The van der Waals surface area contributed by atoms with Gasteiger partial charge in [-0.05, 0) is 18.8 Å². The lowest BCUT2D eigenvalue weighted by Gasteiger charge is -2.25. The van der Waals surface area contributed by atoms with Crippen LogP contribution in [0.15, 0.2) is 0 Å². The third-order valence-corrected chi connectivity index (χ3v) is 2.34. The van der Waals surface area contributed by atoms with Crippen molar-refractivity contribution in [1.29, 1.82) is 0 Å². The molecule has 5 nitrogen and oxygen atoms in total. The minimum atomic E-state index is -1.43. The van der Waals surface area contributed by atoms with Crippen LogP contribution < -0.4 is 11.1 Å². The second-order valence-electron chi connectivity index (χ2n) is 3.36. The van der Waals surface area contributed by atoms with Gasteiger partial charge in [-0.15, -0.1) is 0 Å². The van der Waals surface area contributed by atoms with E-state index in [4.69, 9.17) is 10.8 Å². The molecule has 0 heterocycles. The highest BCUT2D eigenvalue weighted by molar-refractivity contribution is 6.00. The predicted octanol–water partition coefficient (Wildman–Crippen LogP) is -0.685. The molecule has 0 aromatic rings. The van der Waals surface area contributed by atoms with E-state index in [0.29, 0.717) is 12.5 Å². The lowest BCUT2D eigenvalue weighted by atomic mass is 9.85. The molecule has 0 radical (unpaired) electrons. The van der Waals surface area contributed by atoms with Crippen molar-refractivity contribution in [3.63, 3.8) is 0 Å². The van der Waals surface area contributed by atoms with Gasteiger partial charge in [0, 0.05) is 6.54 Å². The Kier molecular flexibility index (Phi) is 3.25. The van der Waals surface area contributed by atoms with Gasteiger partial charge < -0.3 is 16.2 Å². The molecule has 1 rings (SSSR count). The molecule has 1 fully saturated rings. The van der Waals surface area contributed by atoms with E-state index in [1.165, 1.54) is 6.42 Å². The maximum Gasteiger partial charge on any atom is 0.330 e. The van der Waals surface area contributed by atoms with Crippen molar-refractivity contribution in [3.05, 3.63) is 0 Å². The van der Waals surface area contributed by atoms with Gasteiger partial charge in [-0.3, -0.25) is 4.79 Å². The first-order valence-corrected chi connectivity index (χ1v) is 4.37. The van der Waals surface area contributed by atoms with Gasteiger partial charge in [0.2, 0.25) is 5.91 Å². The summed E-state index contributed by atoms with van der Waals surface area (Å²) in [5.74, 6) is -1.37. The third-order valence-electron chi connectivity index (χ3n) is 2.34. The fourth-order valence-corrected chi connectivity index (χ4v) is 1.16. The Morgan fingerprint density at radius 2 is 2.15 bits per heavy atom. The number of carbonyl (C=O) groups excluding carboxylic acids is 1. The highest BCUT2D eigenvalue weighted by Gasteiger charge is 2.23. The summed E-state index contributed by atoms with van der Waals surface area (Å²) in [6.45, 7) is 0.555. The Balaban J connectivity index is 2.19. The van der Waals surface area contributed by atoms with Crippen LogP contribution in [0, 0.1) is 5.92 Å². The van der Waals surface area contributed by atoms with Gasteiger partial charge >= 0.3 is 5.97 Å². The largest absolute Gasteiger partial charge is 0.480 e. The van der Waals surface area contributed by atoms with E-state index in [0.717, 1.165) is 12.8 Å². The second-order valence-corrected chi connectivity index (χ2v) is 3.36. The standard InChI is InChI=1S/C8H14N2O3/c9-6(8(12)13)7(11)10-4-5-2-1-3-5/h5-6H,1-4,9H2,(H,10,11)(H,12,13). The van der Waals surface area contributed by atoms with Crippen LogP contribution in [0.5, 0.6) is 0 Å².